The molecule has 106 valence electrons. The Morgan fingerprint density at radius 1 is 1.30 bits per heavy atom. The fourth-order valence-corrected chi connectivity index (χ4v) is 3.34. The molecule has 3 atom stereocenters. The first-order valence-corrected chi connectivity index (χ1v) is 7.47. The van der Waals surface area contributed by atoms with Gasteiger partial charge in [-0.3, -0.25) is 4.90 Å². The van der Waals surface area contributed by atoms with Gasteiger partial charge in [0.15, 0.2) is 0 Å². The minimum atomic E-state index is -0.209. The monoisotopic (exact) mass is 271 g/mol. The molecule has 2 aliphatic heterocycles. The van der Waals surface area contributed by atoms with Crippen molar-refractivity contribution in [2.24, 2.45) is 0 Å². The molecule has 0 radical (unpaired) electrons. The van der Waals surface area contributed by atoms with Crippen LogP contribution in [0.25, 0.3) is 0 Å². The first-order valence-electron chi connectivity index (χ1n) is 7.47. The second-order valence-corrected chi connectivity index (χ2v) is 5.55. The van der Waals surface area contributed by atoms with Crippen LogP contribution >= 0.6 is 0 Å². The molecule has 0 amide bonds. The summed E-state index contributed by atoms with van der Waals surface area (Å²) in [5, 5.41) is 0. The number of morpholine rings is 1. The number of carbonyl (C=O) groups excluding carboxylic acids is 1. The van der Waals surface area contributed by atoms with Gasteiger partial charge in [0.2, 0.25) is 0 Å². The summed E-state index contributed by atoms with van der Waals surface area (Å²) >= 11 is 0. The van der Waals surface area contributed by atoms with E-state index in [9.17, 15) is 4.79 Å². The van der Waals surface area contributed by atoms with Crippen molar-refractivity contribution >= 4 is 5.97 Å². The fraction of sp³-hybridized carbons (Fsp3) is 0.471. The van der Waals surface area contributed by atoms with Crippen LogP contribution in [0.4, 0.5) is 0 Å². The van der Waals surface area contributed by atoms with Crippen molar-refractivity contribution in [2.75, 3.05) is 6.61 Å². The highest BCUT2D eigenvalue weighted by Crippen LogP contribution is 2.35. The van der Waals surface area contributed by atoms with Crippen molar-refractivity contribution in [1.82, 2.24) is 4.90 Å². The minimum Gasteiger partial charge on any atom is -0.462 e. The van der Waals surface area contributed by atoms with Gasteiger partial charge in [0, 0.05) is 6.04 Å². The lowest BCUT2D eigenvalue weighted by atomic mass is 9.92. The maximum absolute atomic E-state index is 12.0. The zero-order valence-corrected chi connectivity index (χ0v) is 11.9. The van der Waals surface area contributed by atoms with Gasteiger partial charge in [-0.1, -0.05) is 55.8 Å². The van der Waals surface area contributed by atoms with E-state index in [1.807, 2.05) is 12.1 Å². The predicted molar refractivity (Wildman–Crippen MR) is 78.2 cm³/mol. The number of nitrogens with zero attached hydrogens (tertiary/aromatic N) is 1. The van der Waals surface area contributed by atoms with Crippen LogP contribution in [0.2, 0.25) is 0 Å². The first-order chi connectivity index (χ1) is 9.81. The van der Waals surface area contributed by atoms with Crippen LogP contribution in [0, 0.1) is 0 Å². The third kappa shape index (κ3) is 2.38. The Bertz CT molecular complexity index is 497. The molecule has 3 heteroatoms. The summed E-state index contributed by atoms with van der Waals surface area (Å²) in [5.74, 6) is -0.103. The van der Waals surface area contributed by atoms with E-state index in [0.29, 0.717) is 12.6 Å². The first kappa shape index (κ1) is 13.4. The quantitative estimate of drug-likeness (QED) is 0.625. The lowest BCUT2D eigenvalue weighted by Crippen LogP contribution is -2.55. The average Bonchev–Trinajstić information content (AvgIpc) is 2.50. The van der Waals surface area contributed by atoms with Gasteiger partial charge in [0.25, 0.3) is 0 Å². The van der Waals surface area contributed by atoms with Gasteiger partial charge in [-0.05, 0) is 18.4 Å². The largest absolute Gasteiger partial charge is 0.462 e. The Morgan fingerprint density at radius 2 is 2.10 bits per heavy atom. The summed E-state index contributed by atoms with van der Waals surface area (Å²) in [4.78, 5) is 14.4. The molecule has 0 aliphatic carbocycles. The lowest BCUT2D eigenvalue weighted by molar-refractivity contribution is -0.163. The molecule has 0 aromatic heterocycles. The summed E-state index contributed by atoms with van der Waals surface area (Å²) in [6.45, 7) is 2.67. The highest BCUT2D eigenvalue weighted by Gasteiger charge is 2.42. The lowest BCUT2D eigenvalue weighted by Gasteiger charge is -2.46. The molecule has 2 heterocycles. The van der Waals surface area contributed by atoms with Crippen molar-refractivity contribution in [3.05, 3.63) is 48.0 Å². The molecule has 0 N–H and O–H groups in total. The average molecular weight is 271 g/mol. The van der Waals surface area contributed by atoms with E-state index in [-0.39, 0.29) is 18.1 Å². The van der Waals surface area contributed by atoms with Crippen LogP contribution in [0.3, 0.4) is 0 Å². The van der Waals surface area contributed by atoms with Crippen LogP contribution in [-0.2, 0) is 9.53 Å². The Kier molecular flexibility index (Phi) is 3.88. The summed E-state index contributed by atoms with van der Waals surface area (Å²) < 4.78 is 5.41. The Hall–Kier alpha value is -1.61. The minimum absolute atomic E-state index is 0.103. The zero-order valence-electron chi connectivity index (χ0n) is 11.9. The fourth-order valence-electron chi connectivity index (χ4n) is 3.34. The predicted octanol–water partition coefficient (Wildman–Crippen LogP) is 3.08. The maximum atomic E-state index is 12.0. The highest BCUT2D eigenvalue weighted by atomic mass is 16.5. The van der Waals surface area contributed by atoms with E-state index in [4.69, 9.17) is 4.74 Å². The van der Waals surface area contributed by atoms with E-state index in [1.165, 1.54) is 5.56 Å². The molecule has 2 aliphatic rings. The number of ether oxygens (including phenoxy) is 1. The van der Waals surface area contributed by atoms with Crippen LogP contribution in [-0.4, -0.2) is 29.6 Å². The number of hydrogen-bond donors (Lipinski definition) is 0. The molecule has 3 rings (SSSR count). The number of benzene rings is 1. The number of esters is 1. The molecule has 3 nitrogen and oxygen atoms in total. The smallest absolute Gasteiger partial charge is 0.327 e. The molecule has 1 fully saturated rings. The molecular weight excluding hydrogens is 250 g/mol. The number of fused-ring (bicyclic) bond motifs is 1. The van der Waals surface area contributed by atoms with E-state index in [1.54, 1.807) is 0 Å². The van der Waals surface area contributed by atoms with Gasteiger partial charge in [-0.15, -0.1) is 0 Å². The second kappa shape index (κ2) is 5.80. The molecule has 0 bridgehead atoms. The number of cyclic esters (lactones) is 1. The van der Waals surface area contributed by atoms with Crippen LogP contribution in [0.15, 0.2) is 42.5 Å². The van der Waals surface area contributed by atoms with Crippen molar-refractivity contribution in [3.63, 3.8) is 0 Å². The van der Waals surface area contributed by atoms with Crippen LogP contribution in [0.1, 0.15) is 37.8 Å². The van der Waals surface area contributed by atoms with Crippen molar-refractivity contribution in [2.45, 2.75) is 44.3 Å². The van der Waals surface area contributed by atoms with Crippen molar-refractivity contribution in [1.29, 1.82) is 0 Å². The van der Waals surface area contributed by atoms with Gasteiger partial charge in [0.1, 0.15) is 12.6 Å². The van der Waals surface area contributed by atoms with Gasteiger partial charge in [-0.25, -0.2) is 4.79 Å². The number of hydrogen-bond acceptors (Lipinski definition) is 3. The normalized spacial score (nSPS) is 29.9. The van der Waals surface area contributed by atoms with Crippen LogP contribution < -0.4 is 0 Å². The van der Waals surface area contributed by atoms with Gasteiger partial charge >= 0.3 is 5.97 Å². The Morgan fingerprint density at radius 3 is 2.85 bits per heavy atom. The molecule has 0 saturated carbocycles. The second-order valence-electron chi connectivity index (χ2n) is 5.55. The van der Waals surface area contributed by atoms with Gasteiger partial charge in [0.05, 0.1) is 6.04 Å². The molecule has 20 heavy (non-hydrogen) atoms. The van der Waals surface area contributed by atoms with E-state index < -0.39 is 0 Å². The van der Waals surface area contributed by atoms with Gasteiger partial charge < -0.3 is 4.74 Å². The highest BCUT2D eigenvalue weighted by molar-refractivity contribution is 5.79. The van der Waals surface area contributed by atoms with Crippen molar-refractivity contribution in [3.8, 4) is 0 Å². The molecule has 1 aromatic rings. The van der Waals surface area contributed by atoms with E-state index in [2.05, 4.69) is 42.2 Å². The number of rotatable bonds is 3. The zero-order chi connectivity index (χ0) is 13.9. The Balaban J connectivity index is 1.94. The maximum Gasteiger partial charge on any atom is 0.327 e. The molecule has 0 unspecified atom stereocenters. The third-order valence-corrected chi connectivity index (χ3v) is 4.26. The van der Waals surface area contributed by atoms with E-state index in [0.717, 1.165) is 19.3 Å². The molecule has 1 aromatic carbocycles. The molecule has 1 saturated heterocycles. The standard InChI is InChI=1S/C17H21NO2/c1-2-7-14-10-6-11-15-17(19)20-12-16(18(14)15)13-8-4-3-5-9-13/h3-6,8-9,11,14-16H,2,7,10,12H2,1H3/t14-,15+,16-/m1/s1. The van der Waals surface area contributed by atoms with Crippen molar-refractivity contribution < 1.29 is 9.53 Å². The SMILES string of the molecule is CCC[C@@H]1CC=C[C@H]2C(=O)OC[C@H](c3ccccc3)N12. The molecule has 0 spiro atoms. The topological polar surface area (TPSA) is 29.5 Å². The summed E-state index contributed by atoms with van der Waals surface area (Å²) in [5.41, 5.74) is 1.24. The summed E-state index contributed by atoms with van der Waals surface area (Å²) in [6.07, 6.45) is 7.43. The van der Waals surface area contributed by atoms with Gasteiger partial charge in [-0.2, -0.15) is 0 Å². The summed E-state index contributed by atoms with van der Waals surface area (Å²) in [7, 11) is 0. The van der Waals surface area contributed by atoms with E-state index >= 15 is 0 Å². The molecular formula is C17H21NO2. The Labute approximate surface area is 120 Å². The number of carbonyl (C=O) groups is 1. The summed E-state index contributed by atoms with van der Waals surface area (Å²) in [6, 6.07) is 10.8. The van der Waals surface area contributed by atoms with Crippen LogP contribution in [0.5, 0.6) is 0 Å². The third-order valence-electron chi connectivity index (χ3n) is 4.26.